The minimum absolute atomic E-state index is 0.0686. The van der Waals surface area contributed by atoms with Gasteiger partial charge < -0.3 is 25.6 Å². The summed E-state index contributed by atoms with van der Waals surface area (Å²) in [4.78, 5) is 30.7. The van der Waals surface area contributed by atoms with Gasteiger partial charge in [-0.25, -0.2) is 4.39 Å². The highest BCUT2D eigenvalue weighted by Gasteiger charge is 2.39. The molecule has 1 saturated heterocycles. The first-order valence-corrected chi connectivity index (χ1v) is 11.0. The van der Waals surface area contributed by atoms with Gasteiger partial charge in [0, 0.05) is 29.7 Å². The van der Waals surface area contributed by atoms with E-state index in [0.717, 1.165) is 22.9 Å². The number of aromatic amines is 1. The molecule has 2 aromatic rings. The highest BCUT2D eigenvalue weighted by Crippen LogP contribution is 2.30. The smallest absolute Gasteiger partial charge is 0.248 e. The Labute approximate surface area is 182 Å². The van der Waals surface area contributed by atoms with E-state index >= 15 is 0 Å². The molecule has 1 aliphatic heterocycles. The standard InChI is InChI=1S/C23H33FN4O3/c1-5-25-14(3)22(30)27-21(15(4)29)23(31)28-9-8-13(2)20(28)10-16-12-26-19-11-17(24)6-7-18(16)19/h6-7,11-15,20-21,25-26,29H,5,8-10H2,1-4H3,(H,27,30)/t13?,14-,15?,20-,21-/m0/s1. The summed E-state index contributed by atoms with van der Waals surface area (Å²) in [6, 6.07) is 3.12. The Morgan fingerprint density at radius 1 is 1.35 bits per heavy atom. The number of aliphatic hydroxyl groups excluding tert-OH is 1. The van der Waals surface area contributed by atoms with Gasteiger partial charge >= 0.3 is 0 Å². The van der Waals surface area contributed by atoms with Crippen molar-refractivity contribution in [2.75, 3.05) is 13.1 Å². The second-order valence-electron chi connectivity index (χ2n) is 8.58. The molecule has 0 bridgehead atoms. The van der Waals surface area contributed by atoms with Gasteiger partial charge in [0.25, 0.3) is 0 Å². The summed E-state index contributed by atoms with van der Waals surface area (Å²) >= 11 is 0. The van der Waals surface area contributed by atoms with E-state index in [9.17, 15) is 19.1 Å². The van der Waals surface area contributed by atoms with Gasteiger partial charge in [-0.05, 0) is 62.9 Å². The summed E-state index contributed by atoms with van der Waals surface area (Å²) < 4.78 is 13.5. The quantitative estimate of drug-likeness (QED) is 0.513. The van der Waals surface area contributed by atoms with Crippen LogP contribution in [0.2, 0.25) is 0 Å². The zero-order chi connectivity index (χ0) is 22.7. The highest BCUT2D eigenvalue weighted by atomic mass is 19.1. The number of H-pyrrole nitrogens is 1. The Hall–Kier alpha value is -2.45. The molecule has 0 saturated carbocycles. The van der Waals surface area contributed by atoms with E-state index in [1.54, 1.807) is 17.9 Å². The van der Waals surface area contributed by atoms with Gasteiger partial charge in [-0.3, -0.25) is 9.59 Å². The number of likely N-dealkylation sites (tertiary alicyclic amines) is 1. The lowest BCUT2D eigenvalue weighted by Crippen LogP contribution is -2.58. The normalized spacial score (nSPS) is 21.8. The number of carbonyl (C=O) groups is 2. The number of rotatable bonds is 8. The number of amides is 2. The molecule has 1 aromatic carbocycles. The fourth-order valence-corrected chi connectivity index (χ4v) is 4.39. The molecule has 1 fully saturated rings. The van der Waals surface area contributed by atoms with Crippen molar-refractivity contribution in [2.24, 2.45) is 5.92 Å². The predicted octanol–water partition coefficient (Wildman–Crippen LogP) is 1.95. The number of benzene rings is 1. The molecule has 1 aromatic heterocycles. The first-order chi connectivity index (χ1) is 14.7. The van der Waals surface area contributed by atoms with Crippen LogP contribution in [0.5, 0.6) is 0 Å². The zero-order valence-corrected chi connectivity index (χ0v) is 18.6. The third kappa shape index (κ3) is 5.07. The minimum Gasteiger partial charge on any atom is -0.391 e. The Morgan fingerprint density at radius 2 is 2.10 bits per heavy atom. The molecular weight excluding hydrogens is 399 g/mol. The van der Waals surface area contributed by atoms with Crippen molar-refractivity contribution in [3.63, 3.8) is 0 Å². The zero-order valence-electron chi connectivity index (χ0n) is 18.6. The van der Waals surface area contributed by atoms with Gasteiger partial charge in [0.1, 0.15) is 11.9 Å². The number of hydrogen-bond acceptors (Lipinski definition) is 4. The summed E-state index contributed by atoms with van der Waals surface area (Å²) in [6.45, 7) is 8.45. The molecular formula is C23H33FN4O3. The van der Waals surface area contributed by atoms with Crippen molar-refractivity contribution in [1.82, 2.24) is 20.5 Å². The van der Waals surface area contributed by atoms with Crippen molar-refractivity contribution in [3.05, 3.63) is 35.8 Å². The lowest BCUT2D eigenvalue weighted by atomic mass is 9.95. The SMILES string of the molecule is CCN[C@@H](C)C(=O)N[C@H](C(=O)N1CCC(C)[C@@H]1Cc1c[nH]c2cc(F)ccc12)C(C)O. The van der Waals surface area contributed by atoms with Crippen LogP contribution < -0.4 is 10.6 Å². The average Bonchev–Trinajstić information content (AvgIpc) is 3.29. The van der Waals surface area contributed by atoms with E-state index in [0.29, 0.717) is 19.5 Å². The molecule has 2 heterocycles. The van der Waals surface area contributed by atoms with Crippen LogP contribution in [0.15, 0.2) is 24.4 Å². The van der Waals surface area contributed by atoms with Crippen molar-refractivity contribution in [2.45, 2.75) is 64.8 Å². The van der Waals surface area contributed by atoms with Crippen LogP contribution in [0, 0.1) is 11.7 Å². The maximum Gasteiger partial charge on any atom is 0.248 e. The average molecular weight is 433 g/mol. The van der Waals surface area contributed by atoms with Gasteiger partial charge in [0.15, 0.2) is 0 Å². The largest absolute Gasteiger partial charge is 0.391 e. The number of fused-ring (bicyclic) bond motifs is 1. The maximum absolute atomic E-state index is 13.5. The van der Waals surface area contributed by atoms with Crippen molar-refractivity contribution < 1.29 is 19.1 Å². The van der Waals surface area contributed by atoms with Crippen molar-refractivity contribution >= 4 is 22.7 Å². The molecule has 1 aliphatic rings. The lowest BCUT2D eigenvalue weighted by molar-refractivity contribution is -0.140. The Kier molecular flexibility index (Phi) is 7.33. The summed E-state index contributed by atoms with van der Waals surface area (Å²) in [6.07, 6.45) is 2.32. The number of aromatic nitrogens is 1. The molecule has 8 heteroatoms. The summed E-state index contributed by atoms with van der Waals surface area (Å²) in [5, 5.41) is 16.9. The molecule has 0 aliphatic carbocycles. The third-order valence-electron chi connectivity index (χ3n) is 6.27. The topological polar surface area (TPSA) is 97.5 Å². The summed E-state index contributed by atoms with van der Waals surface area (Å²) in [5.74, 6) is -0.620. The third-order valence-corrected chi connectivity index (χ3v) is 6.27. The van der Waals surface area contributed by atoms with Crippen molar-refractivity contribution in [1.29, 1.82) is 0 Å². The van der Waals surface area contributed by atoms with Gasteiger partial charge in [0.05, 0.1) is 12.1 Å². The molecule has 3 rings (SSSR count). The van der Waals surface area contributed by atoms with Crippen LogP contribution in [0.3, 0.4) is 0 Å². The predicted molar refractivity (Wildman–Crippen MR) is 118 cm³/mol. The van der Waals surface area contributed by atoms with E-state index in [1.165, 1.54) is 19.1 Å². The van der Waals surface area contributed by atoms with Gasteiger partial charge in [-0.1, -0.05) is 13.8 Å². The number of nitrogens with one attached hydrogen (secondary N) is 3. The minimum atomic E-state index is -1.02. The summed E-state index contributed by atoms with van der Waals surface area (Å²) in [7, 11) is 0. The first-order valence-electron chi connectivity index (χ1n) is 11.0. The molecule has 4 N–H and O–H groups in total. The van der Waals surface area contributed by atoms with E-state index in [-0.39, 0.29) is 29.6 Å². The molecule has 0 spiro atoms. The van der Waals surface area contributed by atoms with Crippen LogP contribution in [-0.2, 0) is 16.0 Å². The molecule has 7 nitrogen and oxygen atoms in total. The van der Waals surface area contributed by atoms with Crippen molar-refractivity contribution in [3.8, 4) is 0 Å². The van der Waals surface area contributed by atoms with Crippen LogP contribution in [0.1, 0.15) is 39.7 Å². The number of likely N-dealkylation sites (N-methyl/N-ethyl adjacent to an activating group) is 1. The molecule has 0 radical (unpaired) electrons. The summed E-state index contributed by atoms with van der Waals surface area (Å²) in [5.41, 5.74) is 1.75. The van der Waals surface area contributed by atoms with E-state index in [1.807, 2.05) is 13.1 Å². The van der Waals surface area contributed by atoms with Crippen LogP contribution in [-0.4, -0.2) is 64.1 Å². The number of nitrogens with zero attached hydrogens (tertiary/aromatic N) is 1. The van der Waals surface area contributed by atoms with Crippen LogP contribution >= 0.6 is 0 Å². The fourth-order valence-electron chi connectivity index (χ4n) is 4.39. The number of aliphatic hydroxyl groups is 1. The molecule has 5 atom stereocenters. The van der Waals surface area contributed by atoms with Crippen LogP contribution in [0.4, 0.5) is 4.39 Å². The number of halogens is 1. The van der Waals surface area contributed by atoms with Gasteiger partial charge in [-0.15, -0.1) is 0 Å². The molecule has 2 unspecified atom stereocenters. The molecule has 2 amide bonds. The van der Waals surface area contributed by atoms with E-state index < -0.39 is 18.2 Å². The van der Waals surface area contributed by atoms with Gasteiger partial charge in [0.2, 0.25) is 11.8 Å². The lowest BCUT2D eigenvalue weighted by Gasteiger charge is -2.32. The maximum atomic E-state index is 13.5. The van der Waals surface area contributed by atoms with E-state index in [2.05, 4.69) is 22.5 Å². The molecule has 31 heavy (non-hydrogen) atoms. The second-order valence-corrected chi connectivity index (χ2v) is 8.58. The first kappa shape index (κ1) is 23.2. The number of carbonyl (C=O) groups excluding carboxylic acids is 2. The number of hydrogen-bond donors (Lipinski definition) is 4. The second kappa shape index (κ2) is 9.78. The monoisotopic (exact) mass is 432 g/mol. The Morgan fingerprint density at radius 3 is 2.77 bits per heavy atom. The van der Waals surface area contributed by atoms with E-state index in [4.69, 9.17) is 0 Å². The highest BCUT2D eigenvalue weighted by molar-refractivity contribution is 5.90. The Bertz CT molecular complexity index is 929. The fraction of sp³-hybridized carbons (Fsp3) is 0.565. The van der Waals surface area contributed by atoms with Crippen LogP contribution in [0.25, 0.3) is 10.9 Å². The van der Waals surface area contributed by atoms with Gasteiger partial charge in [-0.2, -0.15) is 0 Å². The Balaban J connectivity index is 1.78. The molecule has 170 valence electrons.